The fourth-order valence-electron chi connectivity index (χ4n) is 2.57. The lowest BCUT2D eigenvalue weighted by molar-refractivity contribution is 0.0616. The Hall–Kier alpha value is -2.54. The first-order valence-electron chi connectivity index (χ1n) is 9.75. The topological polar surface area (TPSA) is 83.7 Å². The Labute approximate surface area is 167 Å². The van der Waals surface area contributed by atoms with Gasteiger partial charge in [0.05, 0.1) is 25.9 Å². The van der Waals surface area contributed by atoms with Crippen LogP contribution in [0, 0.1) is 5.92 Å². The first-order chi connectivity index (χ1) is 13.3. The molecule has 154 valence electrons. The van der Waals surface area contributed by atoms with Gasteiger partial charge in [0, 0.05) is 25.4 Å². The molecule has 1 atom stereocenters. The van der Waals surface area contributed by atoms with Gasteiger partial charge in [0.2, 0.25) is 0 Å². The van der Waals surface area contributed by atoms with Crippen molar-refractivity contribution in [3.63, 3.8) is 0 Å². The molecule has 2 rings (SSSR count). The van der Waals surface area contributed by atoms with Gasteiger partial charge in [-0.3, -0.25) is 4.68 Å². The van der Waals surface area contributed by atoms with E-state index in [0.29, 0.717) is 31.6 Å². The van der Waals surface area contributed by atoms with E-state index < -0.39 is 5.60 Å². The van der Waals surface area contributed by atoms with Gasteiger partial charge in [-0.1, -0.05) is 26.0 Å². The van der Waals surface area contributed by atoms with Crippen molar-refractivity contribution < 1.29 is 9.84 Å². The fraction of sp³-hybridized carbons (Fsp3) is 0.524. The third-order valence-electron chi connectivity index (χ3n) is 4.17. The summed E-state index contributed by atoms with van der Waals surface area (Å²) in [4.78, 5) is 4.63. The molecule has 28 heavy (non-hydrogen) atoms. The molecule has 7 heteroatoms. The van der Waals surface area contributed by atoms with Gasteiger partial charge >= 0.3 is 0 Å². The van der Waals surface area contributed by atoms with E-state index in [2.05, 4.69) is 34.6 Å². The Kier molecular flexibility index (Phi) is 7.87. The third-order valence-corrected chi connectivity index (χ3v) is 4.17. The second-order valence-electron chi connectivity index (χ2n) is 7.58. The molecule has 3 N–H and O–H groups in total. The monoisotopic (exact) mass is 387 g/mol. The normalized spacial score (nSPS) is 14.0. The van der Waals surface area contributed by atoms with Gasteiger partial charge in [0.15, 0.2) is 5.96 Å². The van der Waals surface area contributed by atoms with E-state index in [1.807, 2.05) is 44.4 Å². The van der Waals surface area contributed by atoms with Crippen molar-refractivity contribution in [2.45, 2.75) is 39.8 Å². The zero-order chi connectivity index (χ0) is 20.6. The van der Waals surface area contributed by atoms with Gasteiger partial charge in [-0.15, -0.1) is 0 Å². The van der Waals surface area contributed by atoms with Crippen LogP contribution in [0.2, 0.25) is 0 Å². The Bertz CT molecular complexity index is 768. The Balaban J connectivity index is 1.99. The van der Waals surface area contributed by atoms with E-state index in [9.17, 15) is 5.11 Å². The largest absolute Gasteiger partial charge is 0.493 e. The molecule has 0 aliphatic rings. The van der Waals surface area contributed by atoms with Crippen LogP contribution in [0.15, 0.2) is 41.7 Å². The minimum absolute atomic E-state index is 0.321. The lowest BCUT2D eigenvalue weighted by atomic mass is 10.00. The summed E-state index contributed by atoms with van der Waals surface area (Å²) >= 11 is 0. The molecule has 0 saturated carbocycles. The van der Waals surface area contributed by atoms with Crippen LogP contribution < -0.4 is 15.4 Å². The molecule has 0 amide bonds. The van der Waals surface area contributed by atoms with Crippen molar-refractivity contribution in [2.75, 3.05) is 19.7 Å². The van der Waals surface area contributed by atoms with Crippen molar-refractivity contribution in [3.05, 3.63) is 47.8 Å². The summed E-state index contributed by atoms with van der Waals surface area (Å²) in [5.41, 5.74) is 0.778. The average molecular weight is 388 g/mol. The molecule has 7 nitrogen and oxygen atoms in total. The highest BCUT2D eigenvalue weighted by atomic mass is 16.5. The number of aryl methyl sites for hydroxylation is 1. The average Bonchev–Trinajstić information content (AvgIpc) is 3.10. The van der Waals surface area contributed by atoms with E-state index in [-0.39, 0.29) is 0 Å². The van der Waals surface area contributed by atoms with Gasteiger partial charge in [0.1, 0.15) is 11.4 Å². The molecule has 1 aromatic heterocycles. The van der Waals surface area contributed by atoms with Crippen molar-refractivity contribution >= 4 is 5.96 Å². The second kappa shape index (κ2) is 10.1. The van der Waals surface area contributed by atoms with E-state index in [0.717, 1.165) is 23.4 Å². The molecule has 0 radical (unpaired) electrons. The lowest BCUT2D eigenvalue weighted by Crippen LogP contribution is -2.44. The summed E-state index contributed by atoms with van der Waals surface area (Å²) in [5, 5.41) is 21.3. The maximum atomic E-state index is 10.7. The zero-order valence-electron chi connectivity index (χ0n) is 17.6. The quantitative estimate of drug-likeness (QED) is 0.455. The van der Waals surface area contributed by atoms with Crippen LogP contribution in [-0.2, 0) is 19.2 Å². The summed E-state index contributed by atoms with van der Waals surface area (Å²) in [5.74, 6) is 2.00. The number of nitrogens with one attached hydrogen (secondary N) is 2. The molecule has 1 aromatic carbocycles. The summed E-state index contributed by atoms with van der Waals surface area (Å²) in [6.45, 7) is 10.3. The van der Waals surface area contributed by atoms with Gasteiger partial charge in [0.25, 0.3) is 0 Å². The van der Waals surface area contributed by atoms with Gasteiger partial charge in [-0.2, -0.15) is 5.10 Å². The molecule has 0 bridgehead atoms. The minimum Gasteiger partial charge on any atom is -0.493 e. The number of aliphatic imine (C=N–C) groups is 1. The first kappa shape index (κ1) is 21.8. The van der Waals surface area contributed by atoms with Crippen LogP contribution in [0.25, 0.3) is 0 Å². The van der Waals surface area contributed by atoms with Crippen LogP contribution in [-0.4, -0.2) is 40.5 Å². The van der Waals surface area contributed by atoms with Crippen LogP contribution in [0.1, 0.15) is 38.8 Å². The molecule has 0 fully saturated rings. The molecule has 1 unspecified atom stereocenters. The zero-order valence-corrected chi connectivity index (χ0v) is 17.6. The maximum absolute atomic E-state index is 10.7. The van der Waals surface area contributed by atoms with Crippen LogP contribution in [0.4, 0.5) is 0 Å². The number of nitrogens with zero attached hydrogens (tertiary/aromatic N) is 3. The van der Waals surface area contributed by atoms with Crippen molar-refractivity contribution in [1.29, 1.82) is 0 Å². The predicted molar refractivity (Wildman–Crippen MR) is 112 cm³/mol. The van der Waals surface area contributed by atoms with Crippen molar-refractivity contribution in [3.8, 4) is 5.75 Å². The number of ether oxygens (including phenoxy) is 1. The highest BCUT2D eigenvalue weighted by Gasteiger charge is 2.24. The smallest absolute Gasteiger partial charge is 0.191 e. The third kappa shape index (κ3) is 6.88. The number of benzene rings is 1. The molecule has 2 aromatic rings. The number of aliphatic hydroxyl groups is 1. The molecule has 1 heterocycles. The summed E-state index contributed by atoms with van der Waals surface area (Å²) in [6, 6.07) is 7.99. The molecular formula is C21H33N5O2. The lowest BCUT2D eigenvalue weighted by Gasteiger charge is -2.23. The highest BCUT2D eigenvalue weighted by molar-refractivity contribution is 5.79. The number of rotatable bonds is 9. The molecule has 0 aliphatic carbocycles. The van der Waals surface area contributed by atoms with Crippen molar-refractivity contribution in [2.24, 2.45) is 18.0 Å². The predicted octanol–water partition coefficient (Wildman–Crippen LogP) is 2.42. The van der Waals surface area contributed by atoms with E-state index in [4.69, 9.17) is 4.74 Å². The summed E-state index contributed by atoms with van der Waals surface area (Å²) in [7, 11) is 1.83. The van der Waals surface area contributed by atoms with Crippen LogP contribution in [0.3, 0.4) is 0 Å². The maximum Gasteiger partial charge on any atom is 0.191 e. The van der Waals surface area contributed by atoms with Gasteiger partial charge < -0.3 is 20.5 Å². The number of aromatic nitrogens is 2. The minimum atomic E-state index is -1.05. The Morgan fingerprint density at radius 3 is 2.79 bits per heavy atom. The van der Waals surface area contributed by atoms with E-state index in [1.54, 1.807) is 17.8 Å². The Morgan fingerprint density at radius 1 is 1.36 bits per heavy atom. The van der Waals surface area contributed by atoms with Crippen LogP contribution in [0.5, 0.6) is 5.75 Å². The SMILES string of the molecule is CCNC(=NCc1cccc(OCC(C)C)c1)NCC(C)(O)c1cnn(C)c1. The molecular weight excluding hydrogens is 354 g/mol. The number of hydrogen-bond donors (Lipinski definition) is 3. The second-order valence-corrected chi connectivity index (χ2v) is 7.58. The molecule has 0 saturated heterocycles. The number of hydrogen-bond acceptors (Lipinski definition) is 4. The van der Waals surface area contributed by atoms with Crippen LogP contribution >= 0.6 is 0 Å². The molecule has 0 aliphatic heterocycles. The van der Waals surface area contributed by atoms with Gasteiger partial charge in [-0.05, 0) is 37.5 Å². The highest BCUT2D eigenvalue weighted by Crippen LogP contribution is 2.18. The number of guanidine groups is 1. The first-order valence-corrected chi connectivity index (χ1v) is 9.75. The summed E-state index contributed by atoms with van der Waals surface area (Å²) in [6.07, 6.45) is 3.49. The molecule has 0 spiro atoms. The Morgan fingerprint density at radius 2 is 2.14 bits per heavy atom. The standard InChI is InChI=1S/C21H33N5O2/c1-6-22-20(24-15-21(4,27)18-12-25-26(5)13-18)23-11-17-8-7-9-19(10-17)28-14-16(2)3/h7-10,12-13,16,27H,6,11,14-15H2,1-5H3,(H2,22,23,24). The van der Waals surface area contributed by atoms with Gasteiger partial charge in [-0.25, -0.2) is 4.99 Å². The fourth-order valence-corrected chi connectivity index (χ4v) is 2.57. The summed E-state index contributed by atoms with van der Waals surface area (Å²) < 4.78 is 7.46. The van der Waals surface area contributed by atoms with E-state index in [1.165, 1.54) is 0 Å². The van der Waals surface area contributed by atoms with E-state index >= 15 is 0 Å². The van der Waals surface area contributed by atoms with Crippen molar-refractivity contribution in [1.82, 2.24) is 20.4 Å².